The van der Waals surface area contributed by atoms with Crippen LogP contribution in [-0.2, 0) is 0 Å². The van der Waals surface area contributed by atoms with E-state index in [-0.39, 0.29) is 5.91 Å². The van der Waals surface area contributed by atoms with Crippen molar-refractivity contribution in [2.24, 2.45) is 5.92 Å². The van der Waals surface area contributed by atoms with Crippen molar-refractivity contribution in [3.05, 3.63) is 16.3 Å². The standard InChI is InChI=1S/C15H20N2O2S/c1-3-11-4-7-15(10-16,8-5-11)17-14(18)13-12(19-2)6-9-20-13/h6,9,11H,3-5,7-8H2,1-2H3,(H,17,18). The lowest BCUT2D eigenvalue weighted by Gasteiger charge is -2.35. The maximum Gasteiger partial charge on any atom is 0.266 e. The Morgan fingerprint density at radius 3 is 2.85 bits per heavy atom. The minimum absolute atomic E-state index is 0.201. The van der Waals surface area contributed by atoms with Crippen molar-refractivity contribution in [1.82, 2.24) is 5.32 Å². The van der Waals surface area contributed by atoms with Crippen molar-refractivity contribution in [3.63, 3.8) is 0 Å². The minimum atomic E-state index is -0.711. The number of methoxy groups -OCH3 is 1. The van der Waals surface area contributed by atoms with Crippen LogP contribution in [0.15, 0.2) is 11.4 Å². The molecule has 1 amide bonds. The number of carbonyl (C=O) groups excluding carboxylic acids is 1. The van der Waals surface area contributed by atoms with Crippen LogP contribution < -0.4 is 10.1 Å². The van der Waals surface area contributed by atoms with Crippen molar-refractivity contribution in [3.8, 4) is 11.8 Å². The molecule has 5 heteroatoms. The molecule has 0 aliphatic heterocycles. The van der Waals surface area contributed by atoms with Crippen molar-refractivity contribution in [1.29, 1.82) is 5.26 Å². The van der Waals surface area contributed by atoms with Crippen LogP contribution in [0.25, 0.3) is 0 Å². The number of hydrogen-bond acceptors (Lipinski definition) is 4. The number of thiophene rings is 1. The topological polar surface area (TPSA) is 62.1 Å². The Kier molecular flexibility index (Phi) is 4.66. The maximum atomic E-state index is 12.3. The Bertz CT molecular complexity index is 510. The fourth-order valence-electron chi connectivity index (χ4n) is 2.74. The first kappa shape index (κ1) is 14.9. The molecule has 1 saturated carbocycles. The van der Waals surface area contributed by atoms with E-state index >= 15 is 0 Å². The van der Waals surface area contributed by atoms with Crippen LogP contribution in [0.4, 0.5) is 0 Å². The average molecular weight is 292 g/mol. The van der Waals surface area contributed by atoms with Crippen LogP contribution >= 0.6 is 11.3 Å². The maximum absolute atomic E-state index is 12.3. The lowest BCUT2D eigenvalue weighted by atomic mass is 9.76. The summed E-state index contributed by atoms with van der Waals surface area (Å²) in [5.41, 5.74) is -0.711. The first-order valence-electron chi connectivity index (χ1n) is 6.99. The summed E-state index contributed by atoms with van der Waals surface area (Å²) in [7, 11) is 1.55. The Balaban J connectivity index is 2.08. The van der Waals surface area contributed by atoms with Gasteiger partial charge in [0.2, 0.25) is 0 Å². The predicted molar refractivity (Wildman–Crippen MR) is 78.9 cm³/mol. The zero-order chi connectivity index (χ0) is 14.6. The molecule has 0 atom stereocenters. The molecular formula is C15H20N2O2S. The van der Waals surface area contributed by atoms with E-state index in [1.54, 1.807) is 13.2 Å². The van der Waals surface area contributed by atoms with Gasteiger partial charge in [0.1, 0.15) is 16.2 Å². The summed E-state index contributed by atoms with van der Waals surface area (Å²) in [6.07, 6.45) is 4.63. The van der Waals surface area contributed by atoms with E-state index in [1.807, 2.05) is 5.38 Å². The molecular weight excluding hydrogens is 272 g/mol. The molecule has 1 heterocycles. The van der Waals surface area contributed by atoms with Gasteiger partial charge in [-0.2, -0.15) is 5.26 Å². The van der Waals surface area contributed by atoms with Gasteiger partial charge in [-0.25, -0.2) is 0 Å². The number of rotatable bonds is 4. The number of amides is 1. The Morgan fingerprint density at radius 1 is 1.60 bits per heavy atom. The lowest BCUT2D eigenvalue weighted by molar-refractivity contribution is 0.0892. The van der Waals surface area contributed by atoms with Gasteiger partial charge >= 0.3 is 0 Å². The smallest absolute Gasteiger partial charge is 0.266 e. The van der Waals surface area contributed by atoms with Crippen LogP contribution in [0.3, 0.4) is 0 Å². The van der Waals surface area contributed by atoms with E-state index in [9.17, 15) is 10.1 Å². The minimum Gasteiger partial charge on any atom is -0.495 e. The first-order valence-corrected chi connectivity index (χ1v) is 7.87. The van der Waals surface area contributed by atoms with E-state index in [0.717, 1.165) is 32.1 Å². The fraction of sp³-hybridized carbons (Fsp3) is 0.600. The third-order valence-corrected chi connectivity index (χ3v) is 5.05. The number of nitrogens with zero attached hydrogens (tertiary/aromatic N) is 1. The van der Waals surface area contributed by atoms with Crippen LogP contribution in [0, 0.1) is 17.2 Å². The van der Waals surface area contributed by atoms with Gasteiger partial charge in [0.25, 0.3) is 5.91 Å². The van der Waals surface area contributed by atoms with E-state index in [0.29, 0.717) is 16.5 Å². The third kappa shape index (κ3) is 2.96. The van der Waals surface area contributed by atoms with E-state index in [2.05, 4.69) is 18.3 Å². The molecule has 1 aliphatic carbocycles. The molecule has 1 aliphatic rings. The van der Waals surface area contributed by atoms with Gasteiger partial charge in [-0.1, -0.05) is 13.3 Å². The van der Waals surface area contributed by atoms with Crippen LogP contribution in [0.2, 0.25) is 0 Å². The first-order chi connectivity index (χ1) is 9.64. The monoisotopic (exact) mass is 292 g/mol. The van der Waals surface area contributed by atoms with Gasteiger partial charge in [0.15, 0.2) is 0 Å². The quantitative estimate of drug-likeness (QED) is 0.925. The second-order valence-corrected chi connectivity index (χ2v) is 6.23. The molecule has 1 N–H and O–H groups in total. The van der Waals surface area contributed by atoms with Gasteiger partial charge in [-0.3, -0.25) is 4.79 Å². The largest absolute Gasteiger partial charge is 0.495 e. The number of nitrogens with one attached hydrogen (secondary N) is 1. The highest BCUT2D eigenvalue weighted by Gasteiger charge is 2.37. The Hall–Kier alpha value is -1.54. The van der Waals surface area contributed by atoms with Gasteiger partial charge in [-0.05, 0) is 43.0 Å². The van der Waals surface area contributed by atoms with Gasteiger partial charge in [0.05, 0.1) is 13.2 Å². The van der Waals surface area contributed by atoms with Crippen LogP contribution in [0.5, 0.6) is 5.75 Å². The Morgan fingerprint density at radius 2 is 2.30 bits per heavy atom. The summed E-state index contributed by atoms with van der Waals surface area (Å²) in [5, 5.41) is 14.2. The molecule has 2 rings (SSSR count). The molecule has 0 bridgehead atoms. The third-order valence-electron chi connectivity index (χ3n) is 4.16. The fourth-order valence-corrected chi connectivity index (χ4v) is 3.49. The van der Waals surface area contributed by atoms with Gasteiger partial charge in [-0.15, -0.1) is 11.3 Å². The molecule has 0 aromatic carbocycles. The summed E-state index contributed by atoms with van der Waals surface area (Å²) < 4.78 is 5.16. The molecule has 0 unspecified atom stereocenters. The predicted octanol–water partition coefficient (Wildman–Crippen LogP) is 3.35. The molecule has 1 fully saturated rings. The number of hydrogen-bond donors (Lipinski definition) is 1. The number of carbonyl (C=O) groups is 1. The SMILES string of the molecule is CCC1CCC(C#N)(NC(=O)c2sccc2OC)CC1. The summed E-state index contributed by atoms with van der Waals surface area (Å²) in [4.78, 5) is 12.9. The lowest BCUT2D eigenvalue weighted by Crippen LogP contribution is -2.49. The second kappa shape index (κ2) is 6.27. The highest BCUT2D eigenvalue weighted by atomic mass is 32.1. The molecule has 0 saturated heterocycles. The van der Waals surface area contributed by atoms with Crippen molar-refractivity contribution < 1.29 is 9.53 Å². The summed E-state index contributed by atoms with van der Waals surface area (Å²) in [5.74, 6) is 1.06. The molecule has 1 aromatic heterocycles. The number of nitriles is 1. The zero-order valence-electron chi connectivity index (χ0n) is 11.9. The van der Waals surface area contributed by atoms with E-state index < -0.39 is 5.54 Å². The summed E-state index contributed by atoms with van der Waals surface area (Å²) in [6.45, 7) is 2.18. The van der Waals surface area contributed by atoms with Gasteiger partial charge in [0, 0.05) is 0 Å². The van der Waals surface area contributed by atoms with Crippen LogP contribution in [-0.4, -0.2) is 18.6 Å². The molecule has 1 aromatic rings. The van der Waals surface area contributed by atoms with Crippen molar-refractivity contribution in [2.45, 2.75) is 44.6 Å². The Labute approximate surface area is 123 Å². The molecule has 20 heavy (non-hydrogen) atoms. The molecule has 0 spiro atoms. The van der Waals surface area contributed by atoms with E-state index in [4.69, 9.17) is 4.74 Å². The highest BCUT2D eigenvalue weighted by molar-refractivity contribution is 7.12. The second-order valence-electron chi connectivity index (χ2n) is 5.32. The molecule has 108 valence electrons. The summed E-state index contributed by atoms with van der Waals surface area (Å²) >= 11 is 1.34. The van der Waals surface area contributed by atoms with Crippen LogP contribution in [0.1, 0.15) is 48.7 Å². The average Bonchev–Trinajstić information content (AvgIpc) is 2.96. The van der Waals surface area contributed by atoms with Crippen molar-refractivity contribution >= 4 is 17.2 Å². The molecule has 4 nitrogen and oxygen atoms in total. The summed E-state index contributed by atoms with van der Waals surface area (Å²) in [6, 6.07) is 4.09. The molecule has 0 radical (unpaired) electrons. The normalized spacial score (nSPS) is 25.8. The van der Waals surface area contributed by atoms with Crippen molar-refractivity contribution in [2.75, 3.05) is 7.11 Å². The van der Waals surface area contributed by atoms with Gasteiger partial charge < -0.3 is 10.1 Å². The number of ether oxygens (including phenoxy) is 1. The highest BCUT2D eigenvalue weighted by Crippen LogP contribution is 2.34. The zero-order valence-corrected chi connectivity index (χ0v) is 12.8. The van der Waals surface area contributed by atoms with E-state index in [1.165, 1.54) is 11.3 Å².